The molecule has 43 nitrogen and oxygen atoms in total. The van der Waals surface area contributed by atoms with E-state index in [1.807, 2.05) is 0 Å². The molecule has 0 amide bonds. The lowest BCUT2D eigenvalue weighted by Gasteiger charge is -2.49. The van der Waals surface area contributed by atoms with E-state index >= 15 is 0 Å². The number of carbonyl (C=O) groups excluding carboxylic acids is 2. The number of aliphatic hydroxyl groups excluding tert-OH is 23. The molecule has 1 saturated carbocycles. The van der Waals surface area contributed by atoms with Crippen LogP contribution < -0.4 is 0 Å². The standard InChI is InChI=1S/C80H145O43P/c1-3-5-7-9-11-13-15-17-18-19-21-22-24-26-28-30-32-49(83)108-36-42(114-50(84)33-31-29-27-25-23-20-16-14-12-10-8-6-4-2)37-113-124(106,107)123-74-72(121-79-70(104)58(92)52(86)44(35-82)116-79)64(98)63(97)65(99)73(74)122-80-71(105)62(96)56(90)48(120-80)41-112-78-69(103)61(95)55(89)47(119-78)40-111-77-68(102)60(94)54(88)46(118-77)39-110-76-67(101)59(93)53(87)45(117-76)38-109-75-66(100)57(91)51(85)43(34-81)115-75/h42-48,51-82,85-105H,3-41H2,1-2H3,(H,106,107)/t42-,43?,44?,45?,46?,47?,48?,51+,52-,53+,54+,55+,56+,57?,58?,59?,60?,61?,62?,63+,64?,65?,66+,67+,68+,69+,70-,71+,72-,73?,74+,75-,76-,77-,78-,79-,80+/m1/s1. The number of phosphoric acid groups is 1. The van der Waals surface area contributed by atoms with Gasteiger partial charge in [-0.1, -0.05) is 187 Å². The minimum Gasteiger partial charge on any atom is -0.462 e. The fourth-order valence-corrected chi connectivity index (χ4v) is 16.8. The molecule has 7 aliphatic rings. The molecular weight excluding hydrogens is 1680 g/mol. The van der Waals surface area contributed by atoms with Crippen molar-refractivity contribution in [1.29, 1.82) is 0 Å². The van der Waals surface area contributed by atoms with Gasteiger partial charge in [-0.25, -0.2) is 4.57 Å². The van der Waals surface area contributed by atoms with Crippen LogP contribution in [0.5, 0.6) is 0 Å². The zero-order chi connectivity index (χ0) is 90.9. The Morgan fingerprint density at radius 2 is 0.532 bits per heavy atom. The summed E-state index contributed by atoms with van der Waals surface area (Å²) in [6.07, 6.45) is -46.2. The minimum atomic E-state index is -5.88. The van der Waals surface area contributed by atoms with E-state index in [1.165, 1.54) is 96.3 Å². The molecule has 0 spiro atoms. The van der Waals surface area contributed by atoms with Gasteiger partial charge in [0, 0.05) is 12.8 Å². The summed E-state index contributed by atoms with van der Waals surface area (Å²) in [7, 11) is -5.88. The molecule has 6 saturated heterocycles. The second-order valence-corrected chi connectivity index (χ2v) is 35.0. The maximum absolute atomic E-state index is 14.5. The van der Waals surface area contributed by atoms with Crippen molar-refractivity contribution in [2.24, 2.45) is 0 Å². The predicted octanol–water partition coefficient (Wildman–Crippen LogP) is -4.16. The molecule has 124 heavy (non-hydrogen) atoms. The molecule has 728 valence electrons. The monoisotopic (exact) mass is 1820 g/mol. The van der Waals surface area contributed by atoms with E-state index in [1.54, 1.807) is 0 Å². The number of ether oxygens (including phenoxy) is 14. The van der Waals surface area contributed by atoms with E-state index in [9.17, 15) is 136 Å². The Morgan fingerprint density at radius 3 is 0.831 bits per heavy atom. The summed E-state index contributed by atoms with van der Waals surface area (Å²) in [5.74, 6) is -1.49. The fourth-order valence-electron chi connectivity index (χ4n) is 15.9. The van der Waals surface area contributed by atoms with Crippen molar-refractivity contribution in [2.75, 3.05) is 52.9 Å². The molecule has 24 N–H and O–H groups in total. The lowest BCUT2D eigenvalue weighted by atomic mass is 9.84. The van der Waals surface area contributed by atoms with Crippen LogP contribution in [0.1, 0.15) is 213 Å². The largest absolute Gasteiger partial charge is 0.472 e. The molecule has 16 unspecified atom stereocenters. The average molecular weight is 1830 g/mol. The van der Waals surface area contributed by atoms with Crippen LogP contribution in [0.25, 0.3) is 0 Å². The lowest BCUT2D eigenvalue weighted by molar-refractivity contribution is -0.365. The van der Waals surface area contributed by atoms with E-state index in [2.05, 4.69) is 13.8 Å². The van der Waals surface area contributed by atoms with Gasteiger partial charge in [0.1, 0.15) is 190 Å². The van der Waals surface area contributed by atoms with Crippen LogP contribution in [0.2, 0.25) is 0 Å². The third kappa shape index (κ3) is 32.8. The lowest BCUT2D eigenvalue weighted by Crippen LogP contribution is -2.69. The first-order valence-electron chi connectivity index (χ1n) is 44.4. The molecule has 0 aromatic heterocycles. The Balaban J connectivity index is 0.996. The van der Waals surface area contributed by atoms with E-state index < -0.39 is 300 Å². The molecule has 0 aromatic carbocycles. The highest BCUT2D eigenvalue weighted by Gasteiger charge is 2.60. The molecule has 0 bridgehead atoms. The first-order chi connectivity index (χ1) is 59.2. The van der Waals surface area contributed by atoms with E-state index in [0.717, 1.165) is 70.6 Å². The van der Waals surface area contributed by atoms with Crippen molar-refractivity contribution >= 4 is 19.8 Å². The van der Waals surface area contributed by atoms with E-state index in [-0.39, 0.29) is 12.8 Å². The van der Waals surface area contributed by atoms with Crippen LogP contribution in [0.3, 0.4) is 0 Å². The number of esters is 2. The molecule has 7 rings (SSSR count). The highest BCUT2D eigenvalue weighted by Crippen LogP contribution is 2.49. The number of aliphatic hydroxyl groups is 23. The summed E-state index contributed by atoms with van der Waals surface area (Å²) in [6, 6.07) is 0. The number of rotatable bonds is 57. The van der Waals surface area contributed by atoms with Crippen LogP contribution in [0.15, 0.2) is 0 Å². The van der Waals surface area contributed by atoms with Crippen molar-refractivity contribution in [1.82, 2.24) is 0 Å². The van der Waals surface area contributed by atoms with Crippen molar-refractivity contribution in [3.8, 4) is 0 Å². The van der Waals surface area contributed by atoms with Gasteiger partial charge in [-0.3, -0.25) is 18.6 Å². The average Bonchev–Trinajstić information content (AvgIpc) is 0.755. The summed E-state index contributed by atoms with van der Waals surface area (Å²) in [5, 5.41) is 250. The second-order valence-electron chi connectivity index (χ2n) is 33.6. The highest BCUT2D eigenvalue weighted by atomic mass is 31.2. The summed E-state index contributed by atoms with van der Waals surface area (Å²) in [6.45, 7) is -2.88. The molecule has 44 heteroatoms. The smallest absolute Gasteiger partial charge is 0.462 e. The predicted molar refractivity (Wildman–Crippen MR) is 422 cm³/mol. The third-order valence-corrected chi connectivity index (χ3v) is 24.8. The van der Waals surface area contributed by atoms with Crippen LogP contribution in [0.4, 0.5) is 0 Å². The summed E-state index contributed by atoms with van der Waals surface area (Å²) in [4.78, 5) is 38.5. The van der Waals surface area contributed by atoms with Crippen molar-refractivity contribution in [3.05, 3.63) is 0 Å². The van der Waals surface area contributed by atoms with Crippen molar-refractivity contribution in [2.45, 2.75) is 440 Å². The molecule has 1 aliphatic carbocycles. The normalized spacial score (nSPS) is 39.4. The van der Waals surface area contributed by atoms with Crippen LogP contribution in [-0.4, -0.2) is 414 Å². The molecule has 38 atom stereocenters. The number of carbonyl (C=O) groups is 2. The quantitative estimate of drug-likeness (QED) is 0.0156. The molecule has 0 aromatic rings. The first kappa shape index (κ1) is 109. The molecule has 6 aliphatic heterocycles. The van der Waals surface area contributed by atoms with Crippen molar-refractivity contribution in [3.63, 3.8) is 0 Å². The Bertz CT molecular complexity index is 2950. The van der Waals surface area contributed by atoms with Crippen LogP contribution in [-0.2, 0) is 89.5 Å². The SMILES string of the molecule is CCCCCCCCCCCCCCCCCCC(=O)OC[C@H](COP(=O)(O)O[C@@H]1C(O[C@@H]2OC(CO[C@@H]3OC(CO[C@@H]4OC(CO[C@@H]5OC(CO[C@@H]6OC(CO)[C@H](O)C(O)[C@@H]6O)[C@H](O)C(O)[C@@H]5O)[C@H](O)C(O)[C@@H]4O)[C@H](O)C(O)[C@@H]3O)[C@H](O)C(O)[C@@H]2O)C(O)[C@@H](O)C(O)[C@H]1O[C@H]1OC(CO)[C@@H](O)C(O)[C@H]1O)OC(=O)CCCCCCCCCCCCCCC. The van der Waals surface area contributed by atoms with Gasteiger partial charge in [0.15, 0.2) is 43.8 Å². The Morgan fingerprint density at radius 1 is 0.290 bits per heavy atom. The molecular formula is C80H145O43P. The maximum Gasteiger partial charge on any atom is 0.472 e. The minimum absolute atomic E-state index is 0.0267. The highest BCUT2D eigenvalue weighted by molar-refractivity contribution is 7.47. The number of unbranched alkanes of at least 4 members (excludes halogenated alkanes) is 27. The van der Waals surface area contributed by atoms with Gasteiger partial charge < -0.3 is 189 Å². The molecule has 6 heterocycles. The summed E-state index contributed by atoms with van der Waals surface area (Å²) in [5.41, 5.74) is 0. The van der Waals surface area contributed by atoms with Crippen LogP contribution in [0, 0.1) is 0 Å². The van der Waals surface area contributed by atoms with Crippen LogP contribution >= 0.6 is 7.82 Å². The van der Waals surface area contributed by atoms with Gasteiger partial charge in [-0.2, -0.15) is 0 Å². The third-order valence-electron chi connectivity index (χ3n) is 23.8. The summed E-state index contributed by atoms with van der Waals surface area (Å²) < 4.78 is 104. The zero-order valence-corrected chi connectivity index (χ0v) is 71.8. The topological polar surface area (TPSA) is 684 Å². The van der Waals surface area contributed by atoms with Gasteiger partial charge in [0.2, 0.25) is 0 Å². The number of hydrogen-bond acceptors (Lipinski definition) is 42. The van der Waals surface area contributed by atoms with Gasteiger partial charge in [0.05, 0.1) is 46.2 Å². The van der Waals surface area contributed by atoms with E-state index in [0.29, 0.717) is 19.3 Å². The van der Waals surface area contributed by atoms with Gasteiger partial charge in [-0.05, 0) is 12.8 Å². The second kappa shape index (κ2) is 56.0. The van der Waals surface area contributed by atoms with Gasteiger partial charge in [-0.15, -0.1) is 0 Å². The fraction of sp³-hybridized carbons (Fsp3) is 0.975. The Hall–Kier alpha value is -2.35. The summed E-state index contributed by atoms with van der Waals surface area (Å²) >= 11 is 0. The van der Waals surface area contributed by atoms with E-state index in [4.69, 9.17) is 75.4 Å². The van der Waals surface area contributed by atoms with Gasteiger partial charge >= 0.3 is 19.8 Å². The Labute approximate surface area is 721 Å². The first-order valence-corrected chi connectivity index (χ1v) is 45.9. The zero-order valence-electron chi connectivity index (χ0n) is 70.9. The maximum atomic E-state index is 14.5. The molecule has 0 radical (unpaired) electrons. The number of hydrogen-bond donors (Lipinski definition) is 24. The Kier molecular flexibility index (Phi) is 49.1. The van der Waals surface area contributed by atoms with Crippen molar-refractivity contribution < 1.29 is 212 Å². The van der Waals surface area contributed by atoms with Gasteiger partial charge in [0.25, 0.3) is 0 Å². The molecule has 7 fully saturated rings. The number of phosphoric ester groups is 1.